The molecule has 24 heavy (non-hydrogen) atoms. The molecule has 0 saturated carbocycles. The molecule has 3 aliphatic heterocycles. The number of hydrogen-bond acceptors (Lipinski definition) is 4. The van der Waals surface area contributed by atoms with Gasteiger partial charge in [0.15, 0.2) is 0 Å². The summed E-state index contributed by atoms with van der Waals surface area (Å²) in [5.74, 6) is 0.628. The lowest BCUT2D eigenvalue weighted by molar-refractivity contribution is -0.142. The van der Waals surface area contributed by atoms with Crippen LogP contribution in [0.5, 0.6) is 0 Å². The van der Waals surface area contributed by atoms with Gasteiger partial charge in [0, 0.05) is 45.2 Å². The summed E-state index contributed by atoms with van der Waals surface area (Å²) >= 11 is 0. The molecule has 136 valence electrons. The molecular weight excluding hydrogens is 306 g/mol. The predicted octanol–water partition coefficient (Wildman–Crippen LogP) is 0.958. The van der Waals surface area contributed by atoms with Crippen LogP contribution < -0.4 is 0 Å². The Morgan fingerprint density at radius 1 is 1.00 bits per heavy atom. The maximum atomic E-state index is 12.6. The number of ether oxygens (including phenoxy) is 1. The first kappa shape index (κ1) is 17.7. The molecule has 3 heterocycles. The van der Waals surface area contributed by atoms with E-state index in [1.54, 1.807) is 0 Å². The van der Waals surface area contributed by atoms with E-state index in [1.165, 1.54) is 0 Å². The van der Waals surface area contributed by atoms with E-state index in [9.17, 15) is 9.59 Å². The van der Waals surface area contributed by atoms with Gasteiger partial charge in [-0.1, -0.05) is 0 Å². The molecule has 6 heteroatoms. The molecule has 0 atom stereocenters. The smallest absolute Gasteiger partial charge is 0.236 e. The van der Waals surface area contributed by atoms with Crippen molar-refractivity contribution in [2.45, 2.75) is 45.1 Å². The van der Waals surface area contributed by atoms with Crippen molar-refractivity contribution < 1.29 is 14.3 Å². The van der Waals surface area contributed by atoms with Crippen LogP contribution in [-0.2, 0) is 14.3 Å². The largest absolute Gasteiger partial charge is 0.373 e. The zero-order valence-corrected chi connectivity index (χ0v) is 15.1. The summed E-state index contributed by atoms with van der Waals surface area (Å²) in [6.45, 7) is 10.2. The molecule has 0 bridgehead atoms. The molecule has 0 aromatic rings. The Morgan fingerprint density at radius 3 is 2.29 bits per heavy atom. The molecule has 0 radical (unpaired) electrons. The lowest BCUT2D eigenvalue weighted by atomic mass is 9.95. The van der Waals surface area contributed by atoms with E-state index in [1.807, 2.05) is 9.80 Å². The van der Waals surface area contributed by atoms with E-state index >= 15 is 0 Å². The van der Waals surface area contributed by atoms with Crippen LogP contribution in [0.25, 0.3) is 0 Å². The van der Waals surface area contributed by atoms with Crippen molar-refractivity contribution in [3.8, 4) is 0 Å². The van der Waals surface area contributed by atoms with Crippen molar-refractivity contribution in [1.29, 1.82) is 0 Å². The summed E-state index contributed by atoms with van der Waals surface area (Å²) in [7, 11) is 0. The normalized spacial score (nSPS) is 25.9. The van der Waals surface area contributed by atoms with Gasteiger partial charge in [-0.15, -0.1) is 0 Å². The molecule has 6 nitrogen and oxygen atoms in total. The lowest BCUT2D eigenvalue weighted by Crippen LogP contribution is -2.52. The number of morpholine rings is 1. The Labute approximate surface area is 145 Å². The summed E-state index contributed by atoms with van der Waals surface area (Å²) in [4.78, 5) is 31.2. The third-order valence-corrected chi connectivity index (χ3v) is 5.48. The lowest BCUT2D eigenvalue weighted by Gasteiger charge is -2.39. The van der Waals surface area contributed by atoms with E-state index in [0.717, 1.165) is 65.0 Å². The monoisotopic (exact) mass is 337 g/mol. The van der Waals surface area contributed by atoms with E-state index in [0.29, 0.717) is 19.1 Å². The van der Waals surface area contributed by atoms with Gasteiger partial charge >= 0.3 is 0 Å². The topological polar surface area (TPSA) is 53.1 Å². The van der Waals surface area contributed by atoms with Crippen molar-refractivity contribution in [3.63, 3.8) is 0 Å². The molecule has 0 spiro atoms. The van der Waals surface area contributed by atoms with Gasteiger partial charge < -0.3 is 14.5 Å². The van der Waals surface area contributed by atoms with Crippen molar-refractivity contribution in [2.24, 2.45) is 5.92 Å². The molecule has 0 unspecified atom stereocenters. The molecule has 2 amide bonds. The van der Waals surface area contributed by atoms with Gasteiger partial charge in [0.2, 0.25) is 11.8 Å². The van der Waals surface area contributed by atoms with Crippen molar-refractivity contribution in [1.82, 2.24) is 14.7 Å². The summed E-state index contributed by atoms with van der Waals surface area (Å²) in [5, 5.41) is 0. The number of carbonyl (C=O) groups excluding carboxylic acids is 2. The number of nitrogens with zero attached hydrogens (tertiary/aromatic N) is 3. The molecular formula is C18H31N3O3. The zero-order valence-electron chi connectivity index (χ0n) is 15.1. The van der Waals surface area contributed by atoms with Gasteiger partial charge in [0.1, 0.15) is 0 Å². The quantitative estimate of drug-likeness (QED) is 0.770. The summed E-state index contributed by atoms with van der Waals surface area (Å²) in [5.41, 5.74) is -0.173. The van der Waals surface area contributed by atoms with Crippen LogP contribution in [-0.4, -0.2) is 84.5 Å². The fourth-order valence-corrected chi connectivity index (χ4v) is 4.11. The average Bonchev–Trinajstić information content (AvgIpc) is 3.08. The van der Waals surface area contributed by atoms with Crippen LogP contribution in [0.1, 0.15) is 39.5 Å². The highest BCUT2D eigenvalue weighted by Crippen LogP contribution is 2.23. The van der Waals surface area contributed by atoms with Gasteiger partial charge in [-0.3, -0.25) is 14.5 Å². The second-order valence-electron chi connectivity index (χ2n) is 8.01. The number of amides is 2. The first-order chi connectivity index (χ1) is 11.4. The van der Waals surface area contributed by atoms with E-state index in [2.05, 4.69) is 18.7 Å². The van der Waals surface area contributed by atoms with Crippen molar-refractivity contribution in [2.75, 3.05) is 52.4 Å². The minimum atomic E-state index is -0.173. The van der Waals surface area contributed by atoms with Crippen LogP contribution >= 0.6 is 0 Å². The SMILES string of the molecule is CC1(C)CN(CC(=O)N2CCC(C(=O)N3CCCC3)CC2)CCO1. The van der Waals surface area contributed by atoms with Gasteiger partial charge in [-0.25, -0.2) is 0 Å². The van der Waals surface area contributed by atoms with Crippen LogP contribution in [0.15, 0.2) is 0 Å². The summed E-state index contributed by atoms with van der Waals surface area (Å²) in [6, 6.07) is 0. The Morgan fingerprint density at radius 2 is 1.67 bits per heavy atom. The average molecular weight is 337 g/mol. The molecule has 3 aliphatic rings. The molecule has 3 rings (SSSR count). The summed E-state index contributed by atoms with van der Waals surface area (Å²) < 4.78 is 5.70. The van der Waals surface area contributed by atoms with Gasteiger partial charge in [-0.05, 0) is 39.5 Å². The fourth-order valence-electron chi connectivity index (χ4n) is 4.11. The maximum absolute atomic E-state index is 12.6. The Hall–Kier alpha value is -1.14. The molecule has 0 aliphatic carbocycles. The third-order valence-electron chi connectivity index (χ3n) is 5.48. The Kier molecular flexibility index (Phi) is 5.45. The second-order valence-corrected chi connectivity index (χ2v) is 8.01. The van der Waals surface area contributed by atoms with Gasteiger partial charge in [0.25, 0.3) is 0 Å². The molecule has 0 aromatic carbocycles. The minimum absolute atomic E-state index is 0.120. The first-order valence-electron chi connectivity index (χ1n) is 9.37. The first-order valence-corrected chi connectivity index (χ1v) is 9.37. The van der Waals surface area contributed by atoms with Crippen LogP contribution in [0.2, 0.25) is 0 Å². The zero-order chi connectivity index (χ0) is 17.2. The standard InChI is InChI=1S/C18H31N3O3/c1-18(2)14-19(11-12-24-18)13-16(22)20-9-5-15(6-10-20)17(23)21-7-3-4-8-21/h15H,3-14H2,1-2H3. The minimum Gasteiger partial charge on any atom is -0.373 e. The number of piperidine rings is 1. The van der Waals surface area contributed by atoms with Crippen LogP contribution in [0.3, 0.4) is 0 Å². The highest BCUT2D eigenvalue weighted by atomic mass is 16.5. The van der Waals surface area contributed by atoms with Crippen molar-refractivity contribution >= 4 is 11.8 Å². The van der Waals surface area contributed by atoms with E-state index in [4.69, 9.17) is 4.74 Å². The third kappa shape index (κ3) is 4.28. The van der Waals surface area contributed by atoms with Crippen LogP contribution in [0, 0.1) is 5.92 Å². The van der Waals surface area contributed by atoms with E-state index in [-0.39, 0.29) is 17.4 Å². The second kappa shape index (κ2) is 7.40. The number of carbonyl (C=O) groups is 2. The van der Waals surface area contributed by atoms with Crippen LogP contribution in [0.4, 0.5) is 0 Å². The Bertz CT molecular complexity index is 466. The molecule has 3 saturated heterocycles. The number of likely N-dealkylation sites (tertiary alicyclic amines) is 2. The van der Waals surface area contributed by atoms with E-state index < -0.39 is 0 Å². The molecule has 0 aromatic heterocycles. The highest BCUT2D eigenvalue weighted by Gasteiger charge is 2.33. The molecule has 3 fully saturated rings. The van der Waals surface area contributed by atoms with Gasteiger partial charge in [0.05, 0.1) is 18.8 Å². The fraction of sp³-hybridized carbons (Fsp3) is 0.889. The van der Waals surface area contributed by atoms with Crippen molar-refractivity contribution in [3.05, 3.63) is 0 Å². The maximum Gasteiger partial charge on any atom is 0.236 e. The molecule has 0 N–H and O–H groups in total. The highest BCUT2D eigenvalue weighted by molar-refractivity contribution is 5.81. The number of rotatable bonds is 3. The predicted molar refractivity (Wildman–Crippen MR) is 91.6 cm³/mol. The number of hydrogen-bond donors (Lipinski definition) is 0. The summed E-state index contributed by atoms with van der Waals surface area (Å²) in [6.07, 6.45) is 3.91. The van der Waals surface area contributed by atoms with Gasteiger partial charge in [-0.2, -0.15) is 0 Å². The Balaban J connectivity index is 1.44.